The highest BCUT2D eigenvalue weighted by atomic mass is 35.5. The van der Waals surface area contributed by atoms with Crippen LogP contribution in [0.15, 0.2) is 47.6 Å². The summed E-state index contributed by atoms with van der Waals surface area (Å²) in [5.74, 6) is -0.0851. The summed E-state index contributed by atoms with van der Waals surface area (Å²) in [5.41, 5.74) is 0.918. The predicted octanol–water partition coefficient (Wildman–Crippen LogP) is 1.41. The molecule has 0 unspecified atom stereocenters. The first kappa shape index (κ1) is 17.2. The molecule has 10 nitrogen and oxygen atoms in total. The summed E-state index contributed by atoms with van der Waals surface area (Å²) in [5, 5.41) is 13.2. The van der Waals surface area contributed by atoms with E-state index in [4.69, 9.17) is 20.5 Å². The largest absolute Gasteiger partial charge is 0.482 e. The minimum Gasteiger partial charge on any atom is -0.482 e. The molecule has 1 aliphatic rings. The van der Waals surface area contributed by atoms with Gasteiger partial charge in [-0.25, -0.2) is 4.68 Å². The zero-order chi connectivity index (χ0) is 19.0. The van der Waals surface area contributed by atoms with Gasteiger partial charge in [-0.3, -0.25) is 4.79 Å². The van der Waals surface area contributed by atoms with Gasteiger partial charge in [0.1, 0.15) is 22.7 Å². The average molecular weight is 408 g/mol. The first-order valence-corrected chi connectivity index (χ1v) is 9.25. The molecule has 3 aromatic rings. The van der Waals surface area contributed by atoms with Gasteiger partial charge < -0.3 is 14.2 Å². The number of nitrogens with zero attached hydrogens (tertiary/aromatic N) is 4. The van der Waals surface area contributed by atoms with Gasteiger partial charge >= 0.3 is 10.1 Å². The molecule has 0 saturated heterocycles. The molecule has 1 N–H and O–H groups in total. The minimum atomic E-state index is -4.23. The Balaban J connectivity index is 1.61. The van der Waals surface area contributed by atoms with Crippen LogP contribution in [-0.2, 0) is 14.9 Å². The fourth-order valence-corrected chi connectivity index (χ4v) is 3.83. The van der Waals surface area contributed by atoms with Gasteiger partial charge in [0.25, 0.3) is 5.91 Å². The number of carbonyl (C=O) groups excluding carboxylic acids is 1. The van der Waals surface area contributed by atoms with Crippen LogP contribution in [0.5, 0.6) is 11.5 Å². The fraction of sp³-hybridized carbons (Fsp3) is 0.0667. The first-order valence-electron chi connectivity index (χ1n) is 7.46. The molecule has 4 rings (SSSR count). The van der Waals surface area contributed by atoms with Crippen LogP contribution in [0.25, 0.3) is 5.69 Å². The molecule has 0 bridgehead atoms. The molecule has 1 amide bonds. The number of tetrazole rings is 1. The SMILES string of the molecule is O=C1COc2cc(S(=O)(=O)Oc3ccc(-n4cnnn4)cc3)c(Cl)cc2N1. The molecule has 0 saturated carbocycles. The normalized spacial score (nSPS) is 13.4. The van der Waals surface area contributed by atoms with E-state index in [-0.39, 0.29) is 33.9 Å². The van der Waals surface area contributed by atoms with Gasteiger partial charge in [-0.1, -0.05) is 11.6 Å². The van der Waals surface area contributed by atoms with Crippen molar-refractivity contribution in [2.24, 2.45) is 0 Å². The van der Waals surface area contributed by atoms with Gasteiger partial charge in [-0.15, -0.1) is 5.10 Å². The molecule has 0 spiro atoms. The molecule has 0 aliphatic carbocycles. The molecule has 138 valence electrons. The van der Waals surface area contributed by atoms with Gasteiger partial charge in [0, 0.05) is 6.07 Å². The maximum Gasteiger partial charge on any atom is 0.340 e. The standard InChI is InChI=1S/C15H10ClN5O5S/c16-11-5-12-13(25-7-15(22)18-12)6-14(11)27(23,24)26-10-3-1-9(2-4-10)21-8-17-19-20-21/h1-6,8H,7H2,(H,18,22). The van der Waals surface area contributed by atoms with E-state index in [1.807, 2.05) is 0 Å². The Hall–Kier alpha value is -3.18. The highest BCUT2D eigenvalue weighted by Gasteiger charge is 2.26. The summed E-state index contributed by atoms with van der Waals surface area (Å²) >= 11 is 6.06. The number of halogens is 1. The van der Waals surface area contributed by atoms with E-state index >= 15 is 0 Å². The molecule has 0 radical (unpaired) electrons. The molecule has 2 aromatic carbocycles. The van der Waals surface area contributed by atoms with E-state index in [0.717, 1.165) is 0 Å². The van der Waals surface area contributed by atoms with E-state index in [1.54, 1.807) is 12.1 Å². The molecule has 12 heteroatoms. The van der Waals surface area contributed by atoms with Gasteiger partial charge in [0.15, 0.2) is 6.61 Å². The Morgan fingerprint density at radius 3 is 2.70 bits per heavy atom. The number of hydrogen-bond acceptors (Lipinski definition) is 8. The number of amides is 1. The third kappa shape index (κ3) is 3.41. The predicted molar refractivity (Wildman–Crippen MR) is 92.5 cm³/mol. The second-order valence-corrected chi connectivity index (χ2v) is 7.32. The van der Waals surface area contributed by atoms with Crippen LogP contribution in [0.2, 0.25) is 5.02 Å². The monoisotopic (exact) mass is 407 g/mol. The lowest BCUT2D eigenvalue weighted by Gasteiger charge is -2.19. The van der Waals surface area contributed by atoms with Crippen molar-refractivity contribution in [1.82, 2.24) is 20.2 Å². The molecular weight excluding hydrogens is 398 g/mol. The van der Waals surface area contributed by atoms with E-state index in [1.165, 1.54) is 35.3 Å². The van der Waals surface area contributed by atoms with Crippen molar-refractivity contribution in [2.75, 3.05) is 11.9 Å². The lowest BCUT2D eigenvalue weighted by Crippen LogP contribution is -2.25. The van der Waals surface area contributed by atoms with Gasteiger partial charge in [0.2, 0.25) is 0 Å². The third-order valence-electron chi connectivity index (χ3n) is 3.59. The van der Waals surface area contributed by atoms with Gasteiger partial charge in [-0.2, -0.15) is 8.42 Å². The first-order chi connectivity index (χ1) is 12.9. The zero-order valence-corrected chi connectivity index (χ0v) is 14.9. The second-order valence-electron chi connectivity index (χ2n) is 5.40. The van der Waals surface area contributed by atoms with E-state index in [9.17, 15) is 13.2 Å². The smallest absolute Gasteiger partial charge is 0.340 e. The number of nitrogens with one attached hydrogen (secondary N) is 1. The lowest BCUT2D eigenvalue weighted by molar-refractivity contribution is -0.118. The van der Waals surface area contributed by atoms with Crippen LogP contribution >= 0.6 is 11.6 Å². The number of aromatic nitrogens is 4. The number of ether oxygens (including phenoxy) is 1. The van der Waals surface area contributed by atoms with Crippen molar-refractivity contribution in [1.29, 1.82) is 0 Å². The number of hydrogen-bond donors (Lipinski definition) is 1. The molecule has 1 aliphatic heterocycles. The average Bonchev–Trinajstić information content (AvgIpc) is 3.16. The zero-order valence-electron chi connectivity index (χ0n) is 13.4. The quantitative estimate of drug-likeness (QED) is 0.643. The summed E-state index contributed by atoms with van der Waals surface area (Å²) in [7, 11) is -4.23. The third-order valence-corrected chi connectivity index (χ3v) is 5.31. The highest BCUT2D eigenvalue weighted by Crippen LogP contribution is 2.36. The highest BCUT2D eigenvalue weighted by molar-refractivity contribution is 7.87. The van der Waals surface area contributed by atoms with E-state index < -0.39 is 10.1 Å². The lowest BCUT2D eigenvalue weighted by atomic mass is 10.2. The Kier molecular flexibility index (Phi) is 4.16. The number of benzene rings is 2. The Morgan fingerprint density at radius 2 is 2.00 bits per heavy atom. The van der Waals surface area contributed by atoms with Crippen molar-refractivity contribution < 1.29 is 22.1 Å². The fourth-order valence-electron chi connectivity index (χ4n) is 2.38. The Labute approximate surface area is 157 Å². The van der Waals surface area contributed by atoms with Crippen LogP contribution in [0.1, 0.15) is 0 Å². The van der Waals surface area contributed by atoms with Crippen molar-refractivity contribution in [3.63, 3.8) is 0 Å². The van der Waals surface area contributed by atoms with Crippen molar-refractivity contribution >= 4 is 33.3 Å². The summed E-state index contributed by atoms with van der Waals surface area (Å²) < 4.78 is 37.0. The Bertz CT molecular complexity index is 1120. The van der Waals surface area contributed by atoms with Crippen molar-refractivity contribution in [3.05, 3.63) is 47.7 Å². The number of rotatable bonds is 4. The van der Waals surface area contributed by atoms with Crippen molar-refractivity contribution in [2.45, 2.75) is 4.90 Å². The van der Waals surface area contributed by atoms with E-state index in [2.05, 4.69) is 20.8 Å². The molecule has 1 aromatic heterocycles. The van der Waals surface area contributed by atoms with Crippen LogP contribution in [0.4, 0.5) is 5.69 Å². The van der Waals surface area contributed by atoms with E-state index in [0.29, 0.717) is 11.4 Å². The number of fused-ring (bicyclic) bond motifs is 1. The number of anilines is 1. The molecule has 0 atom stereocenters. The van der Waals surface area contributed by atoms with Crippen molar-refractivity contribution in [3.8, 4) is 17.2 Å². The maximum atomic E-state index is 12.6. The van der Waals surface area contributed by atoms with Crippen LogP contribution in [-0.4, -0.2) is 41.1 Å². The van der Waals surface area contributed by atoms with Gasteiger partial charge in [0.05, 0.1) is 16.4 Å². The molecular formula is C15H10ClN5O5S. The van der Waals surface area contributed by atoms with Crippen LogP contribution in [0, 0.1) is 0 Å². The number of carbonyl (C=O) groups is 1. The van der Waals surface area contributed by atoms with Crippen LogP contribution in [0.3, 0.4) is 0 Å². The summed E-state index contributed by atoms with van der Waals surface area (Å²) in [6.07, 6.45) is 1.40. The molecule has 0 fully saturated rings. The van der Waals surface area contributed by atoms with Crippen LogP contribution < -0.4 is 14.2 Å². The van der Waals surface area contributed by atoms with Gasteiger partial charge in [-0.05, 0) is 40.8 Å². The summed E-state index contributed by atoms with van der Waals surface area (Å²) in [6.45, 7) is -0.215. The maximum absolute atomic E-state index is 12.6. The Morgan fingerprint density at radius 1 is 1.22 bits per heavy atom. The summed E-state index contributed by atoms with van der Waals surface area (Å²) in [4.78, 5) is 11.1. The minimum absolute atomic E-state index is 0.0785. The topological polar surface area (TPSA) is 125 Å². The summed E-state index contributed by atoms with van der Waals surface area (Å²) in [6, 6.07) is 8.60. The second kappa shape index (κ2) is 6.52. The molecule has 2 heterocycles. The molecule has 27 heavy (non-hydrogen) atoms.